The first-order valence-corrected chi connectivity index (χ1v) is 5.62. The van der Waals surface area contributed by atoms with E-state index in [4.69, 9.17) is 15.5 Å². The summed E-state index contributed by atoms with van der Waals surface area (Å²) >= 11 is 0. The number of carboxylic acid groups (broad SMARTS) is 1. The van der Waals surface area contributed by atoms with Gasteiger partial charge in [-0.1, -0.05) is 30.3 Å². The van der Waals surface area contributed by atoms with Crippen molar-refractivity contribution in [3.05, 3.63) is 35.9 Å². The molecule has 0 aliphatic carbocycles. The molecule has 0 aliphatic heterocycles. The van der Waals surface area contributed by atoms with E-state index in [1.54, 1.807) is 6.07 Å². The predicted octanol–water partition coefficient (Wildman–Crippen LogP) is 0.427. The van der Waals surface area contributed by atoms with Crippen molar-refractivity contribution in [1.82, 2.24) is 5.01 Å². The molecule has 1 aromatic rings. The van der Waals surface area contributed by atoms with Gasteiger partial charge in [0.1, 0.15) is 0 Å². The number of nitrogens with two attached hydrogens (primary N) is 1. The predicted molar refractivity (Wildman–Crippen MR) is 54.8 cm³/mol. The first-order valence-electron chi connectivity index (χ1n) is 4.12. The number of amides is 1. The van der Waals surface area contributed by atoms with Crippen molar-refractivity contribution in [3.63, 3.8) is 0 Å². The molecule has 0 bridgehead atoms. The van der Waals surface area contributed by atoms with Gasteiger partial charge < -0.3 is 5.11 Å². The highest BCUT2D eigenvalue weighted by molar-refractivity contribution is 7.86. The number of hydrogen-bond acceptors (Lipinski definition) is 4. The molecule has 88 valence electrons. The van der Waals surface area contributed by atoms with Crippen LogP contribution >= 0.6 is 0 Å². The Morgan fingerprint density at radius 3 is 2.19 bits per heavy atom. The average molecular weight is 246 g/mol. The first-order chi connectivity index (χ1) is 7.34. The number of hydrazine groups is 1. The molecule has 8 heteroatoms. The zero-order valence-corrected chi connectivity index (χ0v) is 8.83. The van der Waals surface area contributed by atoms with Crippen LogP contribution in [0.1, 0.15) is 10.9 Å². The van der Waals surface area contributed by atoms with Crippen molar-refractivity contribution >= 4 is 16.2 Å². The van der Waals surface area contributed by atoms with Gasteiger partial charge in [0.2, 0.25) is 5.37 Å². The Labute approximate surface area is 91.8 Å². The van der Waals surface area contributed by atoms with Crippen LogP contribution < -0.4 is 5.84 Å². The standard InChI is InChI=1S/C8H10N2O5S/c9-10(8(11)12)7(16(13,14)15)6-4-2-1-3-5-6/h1-5,7H,9H2,(H,11,12)(H,13,14,15). The molecule has 0 heterocycles. The highest BCUT2D eigenvalue weighted by Gasteiger charge is 2.33. The smallest absolute Gasteiger partial charge is 0.423 e. The average Bonchev–Trinajstić information content (AvgIpc) is 2.17. The van der Waals surface area contributed by atoms with Gasteiger partial charge in [0.05, 0.1) is 0 Å². The van der Waals surface area contributed by atoms with Gasteiger partial charge in [-0.2, -0.15) is 8.42 Å². The molecule has 4 N–H and O–H groups in total. The molecule has 0 aromatic heterocycles. The summed E-state index contributed by atoms with van der Waals surface area (Å²) in [6.45, 7) is 0. The first kappa shape index (κ1) is 12.4. The van der Waals surface area contributed by atoms with Crippen LogP contribution in [-0.4, -0.2) is 29.2 Å². The summed E-state index contributed by atoms with van der Waals surface area (Å²) in [5.41, 5.74) is 0.0647. The van der Waals surface area contributed by atoms with Gasteiger partial charge in [-0.15, -0.1) is 0 Å². The minimum Gasteiger partial charge on any atom is -0.464 e. The Bertz CT molecular complexity index is 472. The van der Waals surface area contributed by atoms with E-state index in [0.717, 1.165) is 0 Å². The van der Waals surface area contributed by atoms with Gasteiger partial charge in [-0.05, 0) is 5.56 Å². The summed E-state index contributed by atoms with van der Waals surface area (Å²) in [5.74, 6) is 5.07. The fourth-order valence-corrected chi connectivity index (χ4v) is 2.07. The molecule has 16 heavy (non-hydrogen) atoms. The number of nitrogens with zero attached hydrogens (tertiary/aromatic N) is 1. The lowest BCUT2D eigenvalue weighted by Gasteiger charge is -2.22. The van der Waals surface area contributed by atoms with Crippen molar-refractivity contribution in [2.45, 2.75) is 5.37 Å². The van der Waals surface area contributed by atoms with E-state index >= 15 is 0 Å². The molecule has 1 atom stereocenters. The molecule has 7 nitrogen and oxygen atoms in total. The van der Waals surface area contributed by atoms with Gasteiger partial charge >= 0.3 is 6.09 Å². The quantitative estimate of drug-likeness (QED) is 0.308. The van der Waals surface area contributed by atoms with Gasteiger partial charge in [-0.25, -0.2) is 15.6 Å². The molecule has 0 radical (unpaired) electrons. The summed E-state index contributed by atoms with van der Waals surface area (Å²) in [4.78, 5) is 10.6. The Morgan fingerprint density at radius 1 is 1.31 bits per heavy atom. The molecule has 1 unspecified atom stereocenters. The minimum absolute atomic E-state index is 0.0324. The van der Waals surface area contributed by atoms with Crippen LogP contribution in [0.4, 0.5) is 4.79 Å². The second kappa shape index (κ2) is 4.47. The summed E-state index contributed by atoms with van der Waals surface area (Å²) in [5, 5.41) is 6.81. The maximum Gasteiger partial charge on any atom is 0.423 e. The van der Waals surface area contributed by atoms with E-state index < -0.39 is 21.6 Å². The minimum atomic E-state index is -4.64. The van der Waals surface area contributed by atoms with Gasteiger partial charge in [0.25, 0.3) is 10.1 Å². The van der Waals surface area contributed by atoms with Crippen molar-refractivity contribution in [2.75, 3.05) is 0 Å². The maximum absolute atomic E-state index is 11.0. The molecule has 0 saturated heterocycles. The third-order valence-electron chi connectivity index (χ3n) is 1.84. The molecule has 0 fully saturated rings. The molecule has 0 aliphatic rings. The number of benzene rings is 1. The second-order valence-electron chi connectivity index (χ2n) is 2.97. The Balaban J connectivity index is 3.23. The van der Waals surface area contributed by atoms with E-state index in [0.29, 0.717) is 0 Å². The van der Waals surface area contributed by atoms with Gasteiger partial charge in [0.15, 0.2) is 0 Å². The van der Waals surface area contributed by atoms with Gasteiger partial charge in [0, 0.05) is 0 Å². The summed E-state index contributed by atoms with van der Waals surface area (Å²) in [7, 11) is -4.64. The van der Waals surface area contributed by atoms with Crippen LogP contribution in [0.5, 0.6) is 0 Å². The van der Waals surface area contributed by atoms with Crippen LogP contribution in [0.2, 0.25) is 0 Å². The topological polar surface area (TPSA) is 121 Å². The monoisotopic (exact) mass is 246 g/mol. The summed E-state index contributed by atoms with van der Waals surface area (Å²) in [6, 6.07) is 7.32. The molecule has 0 spiro atoms. The lowest BCUT2D eigenvalue weighted by atomic mass is 10.2. The van der Waals surface area contributed by atoms with Crippen LogP contribution in [0.15, 0.2) is 30.3 Å². The molecular weight excluding hydrogens is 236 g/mol. The van der Waals surface area contributed by atoms with E-state index in [1.165, 1.54) is 24.3 Å². The fraction of sp³-hybridized carbons (Fsp3) is 0.125. The highest BCUT2D eigenvalue weighted by Crippen LogP contribution is 2.23. The van der Waals surface area contributed by atoms with Crippen LogP contribution in [-0.2, 0) is 10.1 Å². The molecule has 1 amide bonds. The molecule has 0 saturated carbocycles. The highest BCUT2D eigenvalue weighted by atomic mass is 32.2. The lowest BCUT2D eigenvalue weighted by Crippen LogP contribution is -2.43. The third-order valence-corrected chi connectivity index (χ3v) is 2.90. The Kier molecular flexibility index (Phi) is 3.48. The largest absolute Gasteiger partial charge is 0.464 e. The van der Waals surface area contributed by atoms with Crippen LogP contribution in [0.3, 0.4) is 0 Å². The number of rotatable bonds is 3. The number of hydrogen-bond donors (Lipinski definition) is 3. The van der Waals surface area contributed by atoms with E-state index in [-0.39, 0.29) is 10.6 Å². The van der Waals surface area contributed by atoms with Crippen molar-refractivity contribution in [1.29, 1.82) is 0 Å². The van der Waals surface area contributed by atoms with Crippen molar-refractivity contribution in [3.8, 4) is 0 Å². The molecule has 1 rings (SSSR count). The van der Waals surface area contributed by atoms with E-state index in [9.17, 15) is 13.2 Å². The van der Waals surface area contributed by atoms with Crippen molar-refractivity contribution < 1.29 is 22.9 Å². The zero-order chi connectivity index (χ0) is 12.3. The van der Waals surface area contributed by atoms with Gasteiger partial charge in [-0.3, -0.25) is 4.55 Å². The fourth-order valence-electron chi connectivity index (χ4n) is 1.19. The van der Waals surface area contributed by atoms with E-state index in [2.05, 4.69) is 0 Å². The third kappa shape index (κ3) is 2.69. The Morgan fingerprint density at radius 2 is 1.81 bits per heavy atom. The summed E-state index contributed by atoms with van der Waals surface area (Å²) in [6.07, 6.45) is -1.66. The SMILES string of the molecule is NN(C(=O)O)C(c1ccccc1)S(=O)(=O)O. The lowest BCUT2D eigenvalue weighted by molar-refractivity contribution is 0.137. The second-order valence-corrected chi connectivity index (χ2v) is 4.44. The number of carbonyl (C=O) groups is 1. The molecular formula is C8H10N2O5S. The summed E-state index contributed by atoms with van der Waals surface area (Å²) < 4.78 is 31.0. The van der Waals surface area contributed by atoms with Crippen LogP contribution in [0.25, 0.3) is 0 Å². The van der Waals surface area contributed by atoms with Crippen LogP contribution in [0, 0.1) is 0 Å². The molecule has 1 aromatic carbocycles. The normalized spacial score (nSPS) is 13.1. The van der Waals surface area contributed by atoms with E-state index in [1.807, 2.05) is 0 Å². The zero-order valence-electron chi connectivity index (χ0n) is 8.02. The Hall–Kier alpha value is -1.64. The maximum atomic E-state index is 11.0. The van der Waals surface area contributed by atoms with Crippen molar-refractivity contribution in [2.24, 2.45) is 5.84 Å².